The minimum Gasteiger partial charge on any atom is -0.493 e. The lowest BCUT2D eigenvalue weighted by atomic mass is 9.92. The molecule has 0 spiro atoms. The summed E-state index contributed by atoms with van der Waals surface area (Å²) in [4.78, 5) is 36.1. The molecule has 8 heteroatoms. The van der Waals surface area contributed by atoms with Gasteiger partial charge < -0.3 is 19.8 Å². The molecule has 0 saturated carbocycles. The zero-order chi connectivity index (χ0) is 27.2. The average molecular weight is 540 g/mol. The number of hydrogen-bond donors (Lipinski definition) is 2. The van der Waals surface area contributed by atoms with Gasteiger partial charge in [-0.05, 0) is 68.2 Å². The van der Waals surface area contributed by atoms with E-state index in [0.29, 0.717) is 13.0 Å². The van der Waals surface area contributed by atoms with E-state index < -0.39 is 11.9 Å². The van der Waals surface area contributed by atoms with Crippen LogP contribution < -0.4 is 4.74 Å². The van der Waals surface area contributed by atoms with Crippen LogP contribution in [0.15, 0.2) is 54.6 Å². The molecule has 1 saturated heterocycles. The number of nitrogens with zero attached hydrogens (tertiary/aromatic N) is 1. The number of allylic oxidation sites excluding steroid dienone is 1. The first-order valence-electron chi connectivity index (χ1n) is 13.3. The second kappa shape index (κ2) is 15.9. The molecule has 1 atom stereocenters. The average Bonchev–Trinajstić information content (AvgIpc) is 3.45. The van der Waals surface area contributed by atoms with Crippen molar-refractivity contribution >= 4 is 35.0 Å². The molecule has 0 aliphatic carbocycles. The molecule has 0 aromatic heterocycles. The summed E-state index contributed by atoms with van der Waals surface area (Å²) < 4.78 is 6.05. The van der Waals surface area contributed by atoms with E-state index in [9.17, 15) is 14.4 Å². The van der Waals surface area contributed by atoms with Gasteiger partial charge in [0.2, 0.25) is 0 Å². The van der Waals surface area contributed by atoms with Gasteiger partial charge in [-0.3, -0.25) is 9.59 Å². The zero-order valence-electron chi connectivity index (χ0n) is 21.7. The molecule has 1 amide bonds. The fraction of sp³-hybridized carbons (Fsp3) is 0.433. The predicted molar refractivity (Wildman–Crippen MR) is 151 cm³/mol. The number of carbonyl (C=O) groups is 3. The van der Waals surface area contributed by atoms with E-state index in [0.717, 1.165) is 74.2 Å². The number of thioether (sulfide) groups is 1. The first-order valence-corrected chi connectivity index (χ1v) is 14.3. The van der Waals surface area contributed by atoms with Crippen molar-refractivity contribution in [3.8, 4) is 5.75 Å². The number of carboxylic acids is 2. The molecular weight excluding hydrogens is 502 g/mol. The number of likely N-dealkylation sites (tertiary alicyclic amines) is 1. The van der Waals surface area contributed by atoms with Gasteiger partial charge in [0.15, 0.2) is 0 Å². The summed E-state index contributed by atoms with van der Waals surface area (Å²) in [7, 11) is 0. The van der Waals surface area contributed by atoms with Crippen molar-refractivity contribution in [1.29, 1.82) is 0 Å². The molecule has 38 heavy (non-hydrogen) atoms. The number of rotatable bonds is 15. The Morgan fingerprint density at radius 3 is 2.42 bits per heavy atom. The number of ether oxygens (including phenoxy) is 1. The fourth-order valence-electron chi connectivity index (χ4n) is 4.42. The van der Waals surface area contributed by atoms with Gasteiger partial charge in [-0.15, -0.1) is 0 Å². The van der Waals surface area contributed by atoms with Crippen LogP contribution in [0.3, 0.4) is 0 Å². The van der Waals surface area contributed by atoms with Crippen molar-refractivity contribution in [3.05, 3.63) is 71.3 Å². The van der Waals surface area contributed by atoms with Crippen molar-refractivity contribution in [3.63, 3.8) is 0 Å². The molecule has 0 bridgehead atoms. The molecular formula is C30H37NO6S. The van der Waals surface area contributed by atoms with E-state index in [1.807, 2.05) is 41.3 Å². The van der Waals surface area contributed by atoms with Crippen LogP contribution in [0.2, 0.25) is 0 Å². The van der Waals surface area contributed by atoms with E-state index in [1.54, 1.807) is 12.1 Å². The molecule has 2 aromatic rings. The minimum atomic E-state index is -0.949. The third-order valence-corrected chi connectivity index (χ3v) is 7.52. The highest BCUT2D eigenvalue weighted by atomic mass is 32.2. The second-order valence-corrected chi connectivity index (χ2v) is 10.6. The summed E-state index contributed by atoms with van der Waals surface area (Å²) in [5, 5.41) is 18.3. The summed E-state index contributed by atoms with van der Waals surface area (Å²) in [5.41, 5.74) is 2.26. The van der Waals surface area contributed by atoms with E-state index in [1.165, 1.54) is 11.8 Å². The lowest BCUT2D eigenvalue weighted by Gasteiger charge is -2.15. The molecule has 1 heterocycles. The van der Waals surface area contributed by atoms with Crippen LogP contribution in [-0.2, 0) is 11.2 Å². The van der Waals surface area contributed by atoms with Gasteiger partial charge >= 0.3 is 11.9 Å². The Hall–Kier alpha value is -3.26. The molecule has 2 aromatic carbocycles. The van der Waals surface area contributed by atoms with Gasteiger partial charge in [0.1, 0.15) is 5.75 Å². The second-order valence-electron chi connectivity index (χ2n) is 9.51. The molecule has 7 nitrogen and oxygen atoms in total. The highest BCUT2D eigenvalue weighted by Crippen LogP contribution is 2.24. The Morgan fingerprint density at radius 1 is 0.974 bits per heavy atom. The monoisotopic (exact) mass is 539 g/mol. The third kappa shape index (κ3) is 10.2. The molecule has 3 rings (SSSR count). The van der Waals surface area contributed by atoms with Crippen LogP contribution in [-0.4, -0.2) is 57.7 Å². The van der Waals surface area contributed by atoms with Gasteiger partial charge in [0, 0.05) is 30.8 Å². The number of para-hydroxylation sites is 1. The summed E-state index contributed by atoms with van der Waals surface area (Å²) in [5.74, 6) is -0.0521. The van der Waals surface area contributed by atoms with Crippen molar-refractivity contribution in [2.75, 3.05) is 25.4 Å². The van der Waals surface area contributed by atoms with Crippen LogP contribution in [0, 0.1) is 5.92 Å². The number of aromatic carboxylic acids is 1. The highest BCUT2D eigenvalue weighted by molar-refractivity contribution is 8.13. The van der Waals surface area contributed by atoms with Gasteiger partial charge in [0.25, 0.3) is 5.24 Å². The van der Waals surface area contributed by atoms with Crippen molar-refractivity contribution in [1.82, 2.24) is 4.90 Å². The Labute approximate surface area is 228 Å². The number of aliphatic carboxylic acids is 1. The number of hydrogen-bond acceptors (Lipinski definition) is 5. The predicted octanol–water partition coefficient (Wildman–Crippen LogP) is 6.62. The maximum atomic E-state index is 12.2. The zero-order valence-corrected chi connectivity index (χ0v) is 22.5. The van der Waals surface area contributed by atoms with E-state index in [-0.39, 0.29) is 23.1 Å². The SMILES string of the molecule is O=C(O)CCCCC(/C=C/c1ccccc1OCCCSC(=O)N1CCCC1)Cc1ccc(C(=O)O)cc1. The smallest absolute Gasteiger partial charge is 0.335 e. The van der Waals surface area contributed by atoms with Crippen LogP contribution in [0.5, 0.6) is 5.75 Å². The van der Waals surface area contributed by atoms with Gasteiger partial charge in [-0.2, -0.15) is 0 Å². The topological polar surface area (TPSA) is 104 Å². The van der Waals surface area contributed by atoms with Crippen molar-refractivity contribution in [2.45, 2.75) is 51.4 Å². The molecule has 204 valence electrons. The van der Waals surface area contributed by atoms with Crippen molar-refractivity contribution in [2.24, 2.45) is 5.92 Å². The summed E-state index contributed by atoms with van der Waals surface area (Å²) >= 11 is 1.37. The van der Waals surface area contributed by atoms with Crippen LogP contribution in [0.25, 0.3) is 6.08 Å². The van der Waals surface area contributed by atoms with Crippen molar-refractivity contribution < 1.29 is 29.3 Å². The Kier molecular flexibility index (Phi) is 12.2. The number of amides is 1. The lowest BCUT2D eigenvalue weighted by Crippen LogP contribution is -2.23. The van der Waals surface area contributed by atoms with Gasteiger partial charge in [-0.25, -0.2) is 4.79 Å². The Bertz CT molecular complexity index is 1080. The molecule has 1 fully saturated rings. The summed E-state index contributed by atoms with van der Waals surface area (Å²) in [6.07, 6.45) is 10.3. The molecule has 2 N–H and O–H groups in total. The lowest BCUT2D eigenvalue weighted by molar-refractivity contribution is -0.137. The maximum absolute atomic E-state index is 12.2. The first-order chi connectivity index (χ1) is 18.4. The number of unbranched alkanes of at least 4 members (excludes halogenated alkanes) is 1. The number of benzene rings is 2. The Balaban J connectivity index is 1.56. The summed E-state index contributed by atoms with van der Waals surface area (Å²) in [6, 6.07) is 14.7. The Morgan fingerprint density at radius 2 is 1.71 bits per heavy atom. The fourth-order valence-corrected chi connectivity index (χ4v) is 5.22. The number of carbonyl (C=O) groups excluding carboxylic acids is 1. The summed E-state index contributed by atoms with van der Waals surface area (Å²) in [6.45, 7) is 2.27. The van der Waals surface area contributed by atoms with Crippen LogP contribution in [0.1, 0.15) is 66.4 Å². The highest BCUT2D eigenvalue weighted by Gasteiger charge is 2.17. The maximum Gasteiger partial charge on any atom is 0.335 e. The standard InChI is InChI=1S/C30H37NO6S/c32-28(33)11-4-1-8-23(22-24-13-16-26(17-14-24)29(34)35)12-15-25-9-2-3-10-27(25)37-20-7-21-38-30(36)31-18-5-6-19-31/h2-3,9-10,12-17,23H,1,4-8,11,18-22H2,(H,32,33)(H,34,35)/b15-12+. The van der Waals surface area contributed by atoms with Gasteiger partial charge in [0.05, 0.1) is 12.2 Å². The quantitative estimate of drug-likeness (QED) is 0.245. The third-order valence-electron chi connectivity index (χ3n) is 6.52. The van der Waals surface area contributed by atoms with Crippen LogP contribution in [0.4, 0.5) is 4.79 Å². The molecule has 1 aliphatic heterocycles. The van der Waals surface area contributed by atoms with E-state index in [4.69, 9.17) is 14.9 Å². The molecule has 1 aliphatic rings. The van der Waals surface area contributed by atoms with Gasteiger partial charge in [-0.1, -0.05) is 60.7 Å². The van der Waals surface area contributed by atoms with E-state index in [2.05, 4.69) is 12.2 Å². The van der Waals surface area contributed by atoms with Crippen LogP contribution >= 0.6 is 11.8 Å². The number of carboxylic acid groups (broad SMARTS) is 2. The minimum absolute atomic E-state index is 0.155. The normalized spacial score (nSPS) is 14.1. The molecule has 0 radical (unpaired) electrons. The first kappa shape index (κ1) is 29.3. The van der Waals surface area contributed by atoms with E-state index >= 15 is 0 Å². The largest absolute Gasteiger partial charge is 0.493 e. The molecule has 1 unspecified atom stereocenters.